The molecule has 0 spiro atoms. The van der Waals surface area contributed by atoms with Crippen LogP contribution < -0.4 is 9.71 Å². The summed E-state index contributed by atoms with van der Waals surface area (Å²) < 4.78 is 12.5. The summed E-state index contributed by atoms with van der Waals surface area (Å²) in [6.45, 7) is 0.0714. The first-order chi connectivity index (χ1) is 13.4. The third kappa shape index (κ3) is 2.23. The van der Waals surface area contributed by atoms with Crippen LogP contribution in [0.2, 0.25) is 0 Å². The molecular formula is C20H16FN3O4. The Kier molecular flexibility index (Phi) is 3.56. The molecule has 0 amide bonds. The lowest BCUT2D eigenvalue weighted by Crippen LogP contribution is -3.10. The predicted molar refractivity (Wildman–Crippen MR) is 102 cm³/mol. The quantitative estimate of drug-likeness (QED) is 0.320. The molecule has 0 saturated carbocycles. The van der Waals surface area contributed by atoms with Gasteiger partial charge in [-0.2, -0.15) is 0 Å². The van der Waals surface area contributed by atoms with Crippen LogP contribution in [0, 0.1) is 26.3 Å². The standard InChI is InChI=1S/C20H16FN3O4/c21-13-4-6-15(7-5-13)24(28)11-14-10-12-2-1-3-16-18(23(26)27)9-8-17(19(12)16)20(24)22(14)25/h1-9,14,20,22H,10-11H2/t14-,20?,24?/m1/s1. The molecule has 2 bridgehead atoms. The van der Waals surface area contributed by atoms with Crippen LogP contribution in [-0.2, 0) is 6.42 Å². The van der Waals surface area contributed by atoms with Gasteiger partial charge < -0.3 is 15.5 Å². The Bertz CT molecular complexity index is 1120. The van der Waals surface area contributed by atoms with E-state index in [-0.39, 0.29) is 17.3 Å². The summed E-state index contributed by atoms with van der Waals surface area (Å²) in [6.07, 6.45) is -0.646. The number of nitrogens with one attached hydrogen (secondary N) is 1. The summed E-state index contributed by atoms with van der Waals surface area (Å²) >= 11 is 0. The molecule has 1 saturated heterocycles. The Labute approximate surface area is 159 Å². The maximum Gasteiger partial charge on any atom is 0.277 e. The van der Waals surface area contributed by atoms with Crippen molar-refractivity contribution in [2.24, 2.45) is 0 Å². The van der Waals surface area contributed by atoms with Crippen LogP contribution in [0.4, 0.5) is 15.8 Å². The summed E-state index contributed by atoms with van der Waals surface area (Å²) in [6, 6.07) is 12.9. The molecule has 3 unspecified atom stereocenters. The van der Waals surface area contributed by atoms with Crippen LogP contribution in [0.25, 0.3) is 10.8 Å². The number of benzene rings is 3. The van der Waals surface area contributed by atoms with Crippen LogP contribution in [0.1, 0.15) is 17.3 Å². The van der Waals surface area contributed by atoms with E-state index in [1.807, 2.05) is 6.07 Å². The summed E-state index contributed by atoms with van der Waals surface area (Å²) in [5.74, 6) is -0.455. The first-order valence-corrected chi connectivity index (χ1v) is 8.97. The zero-order valence-corrected chi connectivity index (χ0v) is 14.7. The lowest BCUT2D eigenvalue weighted by molar-refractivity contribution is -0.896. The van der Waals surface area contributed by atoms with Gasteiger partial charge in [-0.1, -0.05) is 12.1 Å². The number of nitrogens with zero attached hydrogens (tertiary/aromatic N) is 2. The molecule has 3 aromatic rings. The number of fused-ring (bicyclic) bond motifs is 3. The van der Waals surface area contributed by atoms with Crippen molar-refractivity contribution in [1.82, 2.24) is 4.65 Å². The monoisotopic (exact) mass is 381 g/mol. The Balaban J connectivity index is 1.79. The van der Waals surface area contributed by atoms with Crippen LogP contribution in [-0.4, -0.2) is 17.5 Å². The second kappa shape index (κ2) is 5.79. The SMILES string of the molecule is O=[N+]([O-])c1ccc2c3c(cccc13)C[C@@H]1C[N+]([O-])(c3ccc(F)cc3)C2[NH+]1[O-]. The molecule has 4 atom stereocenters. The molecule has 28 heavy (non-hydrogen) atoms. The van der Waals surface area contributed by atoms with Crippen molar-refractivity contribution in [3.05, 3.63) is 92.1 Å². The van der Waals surface area contributed by atoms with Gasteiger partial charge in [0.15, 0.2) is 0 Å². The number of hydrogen-bond donors (Lipinski definition) is 1. The molecule has 0 aromatic heterocycles. The highest BCUT2D eigenvalue weighted by Crippen LogP contribution is 2.43. The van der Waals surface area contributed by atoms with Gasteiger partial charge in [0.2, 0.25) is 6.17 Å². The lowest BCUT2D eigenvalue weighted by Gasteiger charge is -2.42. The third-order valence-electron chi connectivity index (χ3n) is 5.94. The van der Waals surface area contributed by atoms with Crippen molar-refractivity contribution < 1.29 is 14.4 Å². The van der Waals surface area contributed by atoms with Crippen molar-refractivity contribution in [3.8, 4) is 0 Å². The van der Waals surface area contributed by atoms with Gasteiger partial charge in [-0.15, -0.1) is 0 Å². The lowest BCUT2D eigenvalue weighted by atomic mass is 9.93. The van der Waals surface area contributed by atoms with Crippen LogP contribution in [0.5, 0.6) is 0 Å². The summed E-state index contributed by atoms with van der Waals surface area (Å²) in [7, 11) is 0. The van der Waals surface area contributed by atoms with Crippen LogP contribution in [0.15, 0.2) is 54.6 Å². The molecule has 2 aliphatic rings. The number of hydrogen-bond acceptors (Lipinski definition) is 4. The largest absolute Gasteiger partial charge is 0.629 e. The minimum Gasteiger partial charge on any atom is -0.629 e. The highest BCUT2D eigenvalue weighted by atomic mass is 19.1. The van der Waals surface area contributed by atoms with Gasteiger partial charge in [0.05, 0.1) is 15.9 Å². The molecule has 0 radical (unpaired) electrons. The van der Waals surface area contributed by atoms with Gasteiger partial charge in [-0.3, -0.25) is 14.8 Å². The van der Waals surface area contributed by atoms with E-state index >= 15 is 0 Å². The molecule has 3 aromatic carbocycles. The minimum absolute atomic E-state index is 0.0448. The average molecular weight is 381 g/mol. The Hall–Kier alpha value is -2.91. The fourth-order valence-electron chi connectivity index (χ4n) is 4.76. The fourth-order valence-corrected chi connectivity index (χ4v) is 4.76. The molecule has 2 aliphatic heterocycles. The van der Waals surface area contributed by atoms with E-state index in [2.05, 4.69) is 0 Å². The second-order valence-corrected chi connectivity index (χ2v) is 7.43. The first-order valence-electron chi connectivity index (χ1n) is 8.97. The molecule has 1 N–H and O–H groups in total. The summed E-state index contributed by atoms with van der Waals surface area (Å²) in [4.78, 5) is 11.0. The van der Waals surface area contributed by atoms with Crippen molar-refractivity contribution >= 4 is 22.1 Å². The highest BCUT2D eigenvalue weighted by molar-refractivity contribution is 5.96. The van der Waals surface area contributed by atoms with E-state index in [0.717, 1.165) is 5.56 Å². The number of quaternary nitrogens is 2. The Morgan fingerprint density at radius 1 is 1.11 bits per heavy atom. The number of hydroxylamine groups is 4. The minimum atomic E-state index is -1.01. The molecule has 2 heterocycles. The molecule has 0 aliphatic carbocycles. The summed E-state index contributed by atoms with van der Waals surface area (Å²) in [5, 5.41) is 39.5. The van der Waals surface area contributed by atoms with Crippen molar-refractivity contribution in [3.63, 3.8) is 0 Å². The van der Waals surface area contributed by atoms with E-state index in [0.29, 0.717) is 28.4 Å². The van der Waals surface area contributed by atoms with E-state index < -0.39 is 27.6 Å². The van der Waals surface area contributed by atoms with Gasteiger partial charge >= 0.3 is 0 Å². The van der Waals surface area contributed by atoms with Crippen LogP contribution in [0.3, 0.4) is 0 Å². The van der Waals surface area contributed by atoms with Gasteiger partial charge in [0.25, 0.3) is 5.69 Å². The smallest absolute Gasteiger partial charge is 0.277 e. The highest BCUT2D eigenvalue weighted by Gasteiger charge is 2.52. The average Bonchev–Trinajstić information content (AvgIpc) is 2.84. The fraction of sp³-hybridized carbons (Fsp3) is 0.200. The molecular weight excluding hydrogens is 365 g/mol. The number of non-ortho nitro benzene ring substituents is 1. The molecule has 1 fully saturated rings. The molecule has 5 rings (SSSR count). The van der Waals surface area contributed by atoms with E-state index in [4.69, 9.17) is 0 Å². The Morgan fingerprint density at radius 2 is 1.86 bits per heavy atom. The van der Waals surface area contributed by atoms with Crippen molar-refractivity contribution in [1.29, 1.82) is 0 Å². The van der Waals surface area contributed by atoms with E-state index in [9.17, 15) is 24.9 Å². The topological polar surface area (TPSA) is 93.7 Å². The van der Waals surface area contributed by atoms with Crippen LogP contribution >= 0.6 is 0 Å². The summed E-state index contributed by atoms with van der Waals surface area (Å²) in [5.41, 5.74) is 1.63. The predicted octanol–water partition coefficient (Wildman–Crippen LogP) is 2.71. The van der Waals surface area contributed by atoms with E-state index in [1.54, 1.807) is 12.1 Å². The van der Waals surface area contributed by atoms with Crippen molar-refractivity contribution in [2.45, 2.75) is 18.6 Å². The number of nitro benzene ring substituents is 1. The Morgan fingerprint density at radius 3 is 2.57 bits per heavy atom. The maximum atomic E-state index is 13.9. The zero-order chi connectivity index (χ0) is 19.6. The molecule has 7 nitrogen and oxygen atoms in total. The van der Waals surface area contributed by atoms with Crippen molar-refractivity contribution in [2.75, 3.05) is 6.54 Å². The maximum absolute atomic E-state index is 13.9. The first kappa shape index (κ1) is 17.2. The van der Waals surface area contributed by atoms with Gasteiger partial charge in [0.1, 0.15) is 24.1 Å². The normalized spacial score (nSPS) is 28.3. The third-order valence-corrected chi connectivity index (χ3v) is 5.94. The van der Waals surface area contributed by atoms with Gasteiger partial charge in [-0.25, -0.2) is 4.39 Å². The number of halogens is 1. The number of nitro groups is 1. The zero-order valence-electron chi connectivity index (χ0n) is 14.7. The van der Waals surface area contributed by atoms with Gasteiger partial charge in [-0.05, 0) is 29.8 Å². The molecule has 8 heteroatoms. The van der Waals surface area contributed by atoms with E-state index in [1.165, 1.54) is 36.4 Å². The second-order valence-electron chi connectivity index (χ2n) is 7.43. The number of rotatable bonds is 2. The molecule has 142 valence electrons. The van der Waals surface area contributed by atoms with Gasteiger partial charge in [0, 0.05) is 30.0 Å².